The molecule has 1 amide bonds. The Balaban J connectivity index is 1.72. The van der Waals surface area contributed by atoms with E-state index in [1.807, 2.05) is 0 Å². The molecule has 0 spiro atoms. The summed E-state index contributed by atoms with van der Waals surface area (Å²) in [6, 6.07) is 0. The Morgan fingerprint density at radius 2 is 1.65 bits per heavy atom. The molecule has 4 rings (SSSR count). The topological polar surface area (TPSA) is 46.3 Å². The van der Waals surface area contributed by atoms with Crippen LogP contribution in [-0.4, -0.2) is 36.9 Å². The lowest BCUT2D eigenvalue weighted by molar-refractivity contribution is -0.150. The van der Waals surface area contributed by atoms with Crippen molar-refractivity contribution < 1.29 is 13.6 Å². The van der Waals surface area contributed by atoms with Crippen molar-refractivity contribution in [2.75, 3.05) is 19.6 Å². The summed E-state index contributed by atoms with van der Waals surface area (Å²) in [5, 5.41) is 0. The lowest BCUT2D eigenvalue weighted by Gasteiger charge is -2.54. The molecule has 5 heteroatoms. The van der Waals surface area contributed by atoms with Gasteiger partial charge in [0.15, 0.2) is 0 Å². The number of alkyl halides is 2. The first-order chi connectivity index (χ1) is 9.58. The van der Waals surface area contributed by atoms with Crippen molar-refractivity contribution in [1.82, 2.24) is 4.90 Å². The number of hydrogen-bond acceptors (Lipinski definition) is 2. The van der Waals surface area contributed by atoms with E-state index in [4.69, 9.17) is 5.73 Å². The molecular formula is C15H24F2N2O. The molecule has 4 aliphatic carbocycles. The molecule has 0 aliphatic heterocycles. The molecule has 20 heavy (non-hydrogen) atoms. The van der Waals surface area contributed by atoms with Crippen molar-refractivity contribution in [2.24, 2.45) is 35.3 Å². The van der Waals surface area contributed by atoms with Gasteiger partial charge in [-0.2, -0.15) is 0 Å². The molecule has 0 aromatic heterocycles. The maximum Gasteiger partial charge on any atom is 0.255 e. The highest BCUT2D eigenvalue weighted by atomic mass is 19.3. The molecule has 4 saturated carbocycles. The zero-order valence-electron chi connectivity index (χ0n) is 11.8. The highest BCUT2D eigenvalue weighted by Gasteiger charge is 2.51. The zero-order valence-corrected chi connectivity index (χ0v) is 11.8. The summed E-state index contributed by atoms with van der Waals surface area (Å²) in [6.07, 6.45) is 3.39. The maximum atomic E-state index is 12.7. The number of halogens is 2. The summed E-state index contributed by atoms with van der Waals surface area (Å²) in [4.78, 5) is 14.0. The Morgan fingerprint density at radius 3 is 2.10 bits per heavy atom. The number of nitrogens with zero attached hydrogens (tertiary/aromatic N) is 1. The number of carbonyl (C=O) groups excluding carboxylic acids is 1. The van der Waals surface area contributed by atoms with Gasteiger partial charge in [-0.3, -0.25) is 4.79 Å². The Bertz CT molecular complexity index is 347. The van der Waals surface area contributed by atoms with Gasteiger partial charge in [0.2, 0.25) is 5.91 Å². The van der Waals surface area contributed by atoms with E-state index in [-0.39, 0.29) is 24.9 Å². The highest BCUT2D eigenvalue weighted by molar-refractivity contribution is 5.80. The van der Waals surface area contributed by atoms with Gasteiger partial charge in [-0.25, -0.2) is 8.78 Å². The quantitative estimate of drug-likeness (QED) is 0.841. The lowest BCUT2D eigenvalue weighted by atomic mass is 9.51. The van der Waals surface area contributed by atoms with Crippen molar-refractivity contribution in [2.45, 2.75) is 38.5 Å². The molecular weight excluding hydrogens is 262 g/mol. The minimum absolute atomic E-state index is 0.00639. The van der Waals surface area contributed by atoms with Crippen LogP contribution in [0.5, 0.6) is 0 Å². The predicted octanol–water partition coefficient (Wildman–Crippen LogP) is 2.11. The average molecular weight is 286 g/mol. The van der Waals surface area contributed by atoms with Crippen LogP contribution in [0.15, 0.2) is 0 Å². The van der Waals surface area contributed by atoms with Gasteiger partial charge < -0.3 is 10.6 Å². The summed E-state index contributed by atoms with van der Waals surface area (Å²) < 4.78 is 25.3. The number of amides is 1. The van der Waals surface area contributed by atoms with Crippen molar-refractivity contribution in [3.63, 3.8) is 0 Å². The highest BCUT2D eigenvalue weighted by Crippen LogP contribution is 2.56. The van der Waals surface area contributed by atoms with Crippen LogP contribution in [-0.2, 0) is 4.79 Å². The van der Waals surface area contributed by atoms with Gasteiger partial charge in [-0.05, 0) is 55.8 Å². The van der Waals surface area contributed by atoms with Crippen molar-refractivity contribution >= 4 is 5.91 Å². The fourth-order valence-corrected chi connectivity index (χ4v) is 5.15. The van der Waals surface area contributed by atoms with E-state index in [9.17, 15) is 13.6 Å². The van der Waals surface area contributed by atoms with Gasteiger partial charge in [0, 0.05) is 19.0 Å². The van der Waals surface area contributed by atoms with Gasteiger partial charge in [0.1, 0.15) is 0 Å². The van der Waals surface area contributed by atoms with E-state index in [2.05, 4.69) is 0 Å². The van der Waals surface area contributed by atoms with Crippen molar-refractivity contribution in [3.8, 4) is 0 Å². The first-order valence-electron chi connectivity index (χ1n) is 7.85. The molecule has 2 N–H and O–H groups in total. The van der Waals surface area contributed by atoms with Gasteiger partial charge in [0.05, 0.1) is 6.54 Å². The fraction of sp³-hybridized carbons (Fsp3) is 0.933. The van der Waals surface area contributed by atoms with E-state index >= 15 is 0 Å². The average Bonchev–Trinajstić information content (AvgIpc) is 2.36. The third kappa shape index (κ3) is 2.57. The van der Waals surface area contributed by atoms with E-state index in [1.165, 1.54) is 11.3 Å². The summed E-state index contributed by atoms with van der Waals surface area (Å²) in [7, 11) is 0. The van der Waals surface area contributed by atoms with Crippen LogP contribution in [0.25, 0.3) is 0 Å². The van der Waals surface area contributed by atoms with Crippen LogP contribution in [0.2, 0.25) is 0 Å². The molecule has 0 radical (unpaired) electrons. The standard InChI is InChI=1S/C15H24F2N2O/c16-13(17)8-19(2-1-18)15(20)14-11-4-9-3-10(6-11)7-12(14)5-9/h9-14H,1-8,18H2. The van der Waals surface area contributed by atoms with Crippen molar-refractivity contribution in [1.29, 1.82) is 0 Å². The summed E-state index contributed by atoms with van der Waals surface area (Å²) in [6.45, 7) is 0.0521. The second-order valence-corrected chi connectivity index (χ2v) is 6.92. The molecule has 0 saturated heterocycles. The largest absolute Gasteiger partial charge is 0.335 e. The third-order valence-electron chi connectivity index (χ3n) is 5.58. The molecule has 3 nitrogen and oxygen atoms in total. The summed E-state index contributed by atoms with van der Waals surface area (Å²) >= 11 is 0. The van der Waals surface area contributed by atoms with Crippen LogP contribution in [0.4, 0.5) is 8.78 Å². The van der Waals surface area contributed by atoms with Crippen LogP contribution < -0.4 is 5.73 Å². The smallest absolute Gasteiger partial charge is 0.255 e. The Morgan fingerprint density at radius 1 is 1.10 bits per heavy atom. The van der Waals surface area contributed by atoms with E-state index in [1.54, 1.807) is 0 Å². The molecule has 4 fully saturated rings. The first-order valence-corrected chi connectivity index (χ1v) is 7.85. The minimum Gasteiger partial charge on any atom is -0.335 e. The molecule has 4 aliphatic rings. The molecule has 114 valence electrons. The van der Waals surface area contributed by atoms with E-state index in [0.29, 0.717) is 11.8 Å². The van der Waals surface area contributed by atoms with Gasteiger partial charge in [-0.1, -0.05) is 0 Å². The minimum atomic E-state index is -2.47. The Labute approximate surface area is 118 Å². The van der Waals surface area contributed by atoms with Gasteiger partial charge in [0.25, 0.3) is 6.43 Å². The van der Waals surface area contributed by atoms with Crippen LogP contribution in [0, 0.1) is 29.6 Å². The summed E-state index contributed by atoms with van der Waals surface area (Å²) in [5.74, 6) is 2.41. The third-order valence-corrected chi connectivity index (χ3v) is 5.58. The molecule has 0 atom stereocenters. The second-order valence-electron chi connectivity index (χ2n) is 6.92. The zero-order chi connectivity index (χ0) is 14.3. The van der Waals surface area contributed by atoms with Crippen LogP contribution in [0.1, 0.15) is 32.1 Å². The Hall–Kier alpha value is -0.710. The fourth-order valence-electron chi connectivity index (χ4n) is 5.15. The summed E-state index contributed by atoms with van der Waals surface area (Å²) in [5.41, 5.74) is 5.48. The number of hydrogen-bond donors (Lipinski definition) is 1. The maximum absolute atomic E-state index is 12.7. The normalized spacial score (nSPS) is 38.5. The molecule has 0 unspecified atom stereocenters. The molecule has 0 heterocycles. The molecule has 0 aromatic carbocycles. The van der Waals surface area contributed by atoms with Gasteiger partial charge in [-0.15, -0.1) is 0 Å². The SMILES string of the molecule is NCCN(CC(F)F)C(=O)C1C2CC3CC(C2)CC1C3. The van der Waals surface area contributed by atoms with E-state index in [0.717, 1.165) is 37.5 Å². The van der Waals surface area contributed by atoms with Gasteiger partial charge >= 0.3 is 0 Å². The van der Waals surface area contributed by atoms with Crippen LogP contribution >= 0.6 is 0 Å². The van der Waals surface area contributed by atoms with Crippen molar-refractivity contribution in [3.05, 3.63) is 0 Å². The monoisotopic (exact) mass is 286 g/mol. The predicted molar refractivity (Wildman–Crippen MR) is 72.2 cm³/mol. The Kier molecular flexibility index (Phi) is 3.98. The lowest BCUT2D eigenvalue weighted by Crippen LogP contribution is -2.53. The number of carbonyl (C=O) groups is 1. The number of nitrogens with two attached hydrogens (primary N) is 1. The number of rotatable bonds is 5. The second kappa shape index (κ2) is 5.58. The molecule has 0 aromatic rings. The van der Waals surface area contributed by atoms with E-state index < -0.39 is 13.0 Å². The van der Waals surface area contributed by atoms with Crippen LogP contribution in [0.3, 0.4) is 0 Å². The molecule has 4 bridgehead atoms. The first kappa shape index (κ1) is 14.2.